The second-order valence-electron chi connectivity index (χ2n) is 6.74. The number of carbonyl (C=O) groups is 1. The molecule has 0 unspecified atom stereocenters. The maximum atomic E-state index is 12.6. The van der Waals surface area contributed by atoms with Gasteiger partial charge in [-0.1, -0.05) is 18.2 Å². The molecular formula is C21H28N2O5S. The van der Waals surface area contributed by atoms with Crippen LogP contribution in [0, 0.1) is 6.92 Å². The monoisotopic (exact) mass is 420 g/mol. The lowest BCUT2D eigenvalue weighted by molar-refractivity contribution is -0.120. The van der Waals surface area contributed by atoms with Gasteiger partial charge in [-0.05, 0) is 56.2 Å². The number of carbonyl (C=O) groups excluding carboxylic acids is 1. The molecule has 2 aromatic rings. The van der Waals surface area contributed by atoms with Crippen molar-refractivity contribution in [3.8, 4) is 11.5 Å². The molecule has 1 N–H and O–H groups in total. The summed E-state index contributed by atoms with van der Waals surface area (Å²) in [5, 5.41) is 2.85. The van der Waals surface area contributed by atoms with Gasteiger partial charge in [0.2, 0.25) is 15.9 Å². The Labute approximate surface area is 172 Å². The van der Waals surface area contributed by atoms with Crippen molar-refractivity contribution in [1.82, 2.24) is 5.32 Å². The molecule has 8 heteroatoms. The van der Waals surface area contributed by atoms with Crippen molar-refractivity contribution in [2.75, 3.05) is 30.8 Å². The number of amides is 1. The first-order valence-corrected chi connectivity index (χ1v) is 11.1. The van der Waals surface area contributed by atoms with Crippen LogP contribution in [0.15, 0.2) is 42.5 Å². The smallest absolute Gasteiger partial charge is 0.241 e. The second-order valence-corrected chi connectivity index (χ2v) is 8.64. The Bertz CT molecular complexity index is 942. The number of rotatable bonds is 9. The van der Waals surface area contributed by atoms with Gasteiger partial charge in [-0.2, -0.15) is 0 Å². The third kappa shape index (κ3) is 6.12. The van der Waals surface area contributed by atoms with Crippen LogP contribution in [-0.4, -0.2) is 40.8 Å². The minimum atomic E-state index is -3.70. The van der Waals surface area contributed by atoms with Crippen molar-refractivity contribution in [2.45, 2.75) is 26.8 Å². The Morgan fingerprint density at radius 1 is 1.17 bits per heavy atom. The van der Waals surface area contributed by atoms with Crippen molar-refractivity contribution in [3.63, 3.8) is 0 Å². The van der Waals surface area contributed by atoms with Gasteiger partial charge in [-0.3, -0.25) is 9.10 Å². The van der Waals surface area contributed by atoms with Crippen LogP contribution < -0.4 is 19.1 Å². The number of nitrogens with zero attached hydrogens (tertiary/aromatic N) is 1. The number of methoxy groups -OCH3 is 1. The SMILES string of the molecule is CCOc1ccc([C@H](C)NC(=O)CN(c2cc(C)ccc2OC)S(C)(=O)=O)cc1. The molecule has 1 amide bonds. The van der Waals surface area contributed by atoms with E-state index in [0.29, 0.717) is 18.0 Å². The summed E-state index contributed by atoms with van der Waals surface area (Å²) >= 11 is 0. The summed E-state index contributed by atoms with van der Waals surface area (Å²) in [7, 11) is -2.24. The van der Waals surface area contributed by atoms with Crippen molar-refractivity contribution in [1.29, 1.82) is 0 Å². The molecule has 1 atom stereocenters. The molecule has 0 saturated carbocycles. The van der Waals surface area contributed by atoms with Crippen LogP contribution in [0.5, 0.6) is 11.5 Å². The van der Waals surface area contributed by atoms with Gasteiger partial charge >= 0.3 is 0 Å². The molecule has 0 aliphatic rings. The molecule has 2 rings (SSSR count). The number of nitrogens with one attached hydrogen (secondary N) is 1. The van der Waals surface area contributed by atoms with E-state index in [4.69, 9.17) is 9.47 Å². The maximum absolute atomic E-state index is 12.6. The number of hydrogen-bond donors (Lipinski definition) is 1. The quantitative estimate of drug-likeness (QED) is 0.674. The molecule has 0 aromatic heterocycles. The van der Waals surface area contributed by atoms with Crippen LogP contribution in [-0.2, 0) is 14.8 Å². The summed E-state index contributed by atoms with van der Waals surface area (Å²) in [6.07, 6.45) is 1.07. The van der Waals surface area contributed by atoms with Gasteiger partial charge in [-0.15, -0.1) is 0 Å². The molecule has 0 bridgehead atoms. The van der Waals surface area contributed by atoms with Crippen molar-refractivity contribution in [2.24, 2.45) is 0 Å². The highest BCUT2D eigenvalue weighted by Gasteiger charge is 2.25. The molecule has 0 aliphatic carbocycles. The normalized spacial score (nSPS) is 12.2. The minimum absolute atomic E-state index is 0.293. The Kier molecular flexibility index (Phi) is 7.50. The molecule has 0 saturated heterocycles. The highest BCUT2D eigenvalue weighted by molar-refractivity contribution is 7.92. The predicted octanol–water partition coefficient (Wildman–Crippen LogP) is 3.05. The van der Waals surface area contributed by atoms with Gasteiger partial charge in [0.1, 0.15) is 18.0 Å². The van der Waals surface area contributed by atoms with Crippen LogP contribution in [0.25, 0.3) is 0 Å². The zero-order valence-corrected chi connectivity index (χ0v) is 18.2. The predicted molar refractivity (Wildman–Crippen MR) is 114 cm³/mol. The van der Waals surface area contributed by atoms with E-state index in [9.17, 15) is 13.2 Å². The largest absolute Gasteiger partial charge is 0.495 e. The Morgan fingerprint density at radius 2 is 1.83 bits per heavy atom. The van der Waals surface area contributed by atoms with Crippen LogP contribution >= 0.6 is 0 Å². The summed E-state index contributed by atoms with van der Waals surface area (Å²) in [5.74, 6) is 0.721. The third-order valence-electron chi connectivity index (χ3n) is 4.36. The van der Waals surface area contributed by atoms with Gasteiger partial charge in [0.05, 0.1) is 31.7 Å². The lowest BCUT2D eigenvalue weighted by Gasteiger charge is -2.25. The summed E-state index contributed by atoms with van der Waals surface area (Å²) < 4.78 is 36.5. The van der Waals surface area contributed by atoms with E-state index in [1.165, 1.54) is 7.11 Å². The minimum Gasteiger partial charge on any atom is -0.495 e. The van der Waals surface area contributed by atoms with Crippen LogP contribution in [0.3, 0.4) is 0 Å². The first kappa shape index (κ1) is 22.5. The van der Waals surface area contributed by atoms with Crippen molar-refractivity contribution in [3.05, 3.63) is 53.6 Å². The summed E-state index contributed by atoms with van der Waals surface area (Å²) in [6, 6.07) is 12.3. The molecule has 0 heterocycles. The van der Waals surface area contributed by atoms with Crippen molar-refractivity contribution >= 4 is 21.6 Å². The lowest BCUT2D eigenvalue weighted by Crippen LogP contribution is -2.41. The van der Waals surface area contributed by atoms with Gasteiger partial charge in [0, 0.05) is 0 Å². The fourth-order valence-electron chi connectivity index (χ4n) is 2.90. The van der Waals surface area contributed by atoms with E-state index in [2.05, 4.69) is 5.32 Å². The number of anilines is 1. The van der Waals surface area contributed by atoms with E-state index < -0.39 is 15.9 Å². The van der Waals surface area contributed by atoms with Gasteiger partial charge in [0.15, 0.2) is 0 Å². The fraction of sp³-hybridized carbons (Fsp3) is 0.381. The van der Waals surface area contributed by atoms with E-state index in [-0.39, 0.29) is 12.6 Å². The number of sulfonamides is 1. The molecular weight excluding hydrogens is 392 g/mol. The molecule has 0 aliphatic heterocycles. The van der Waals surface area contributed by atoms with Gasteiger partial charge in [0.25, 0.3) is 0 Å². The molecule has 2 aromatic carbocycles. The number of aryl methyl sites for hydroxylation is 1. The molecule has 29 heavy (non-hydrogen) atoms. The number of hydrogen-bond acceptors (Lipinski definition) is 5. The average molecular weight is 421 g/mol. The van der Waals surface area contributed by atoms with Gasteiger partial charge < -0.3 is 14.8 Å². The first-order valence-electron chi connectivity index (χ1n) is 9.30. The Morgan fingerprint density at radius 3 is 2.38 bits per heavy atom. The fourth-order valence-corrected chi connectivity index (χ4v) is 3.75. The summed E-state index contributed by atoms with van der Waals surface area (Å²) in [6.45, 7) is 5.83. The zero-order valence-electron chi connectivity index (χ0n) is 17.4. The Hall–Kier alpha value is -2.74. The number of benzene rings is 2. The zero-order chi connectivity index (χ0) is 21.6. The van der Waals surface area contributed by atoms with Gasteiger partial charge in [-0.25, -0.2) is 8.42 Å². The molecule has 0 spiro atoms. The molecule has 0 fully saturated rings. The third-order valence-corrected chi connectivity index (χ3v) is 5.49. The van der Waals surface area contributed by atoms with E-state index in [1.54, 1.807) is 12.1 Å². The standard InChI is InChI=1S/C21H28N2O5S/c1-6-28-18-10-8-17(9-11-18)16(3)22-21(24)14-23(29(5,25)26)19-13-15(2)7-12-20(19)27-4/h7-13,16H,6,14H2,1-5H3,(H,22,24)/t16-/m0/s1. The summed E-state index contributed by atoms with van der Waals surface area (Å²) in [4.78, 5) is 12.6. The molecule has 0 radical (unpaired) electrons. The van der Waals surface area contributed by atoms with E-state index in [0.717, 1.165) is 27.4 Å². The highest BCUT2D eigenvalue weighted by Crippen LogP contribution is 2.31. The maximum Gasteiger partial charge on any atom is 0.241 e. The number of ether oxygens (including phenoxy) is 2. The topological polar surface area (TPSA) is 84.9 Å². The molecule has 158 valence electrons. The summed E-state index contributed by atoms with van der Waals surface area (Å²) in [5.41, 5.74) is 2.08. The van der Waals surface area contributed by atoms with Crippen LogP contribution in [0.1, 0.15) is 31.0 Å². The second kappa shape index (κ2) is 9.65. The Balaban J connectivity index is 2.18. The lowest BCUT2D eigenvalue weighted by atomic mass is 10.1. The van der Waals surface area contributed by atoms with E-state index in [1.807, 2.05) is 51.1 Å². The van der Waals surface area contributed by atoms with Crippen LogP contribution in [0.4, 0.5) is 5.69 Å². The van der Waals surface area contributed by atoms with Crippen LogP contribution in [0.2, 0.25) is 0 Å². The first-order chi connectivity index (χ1) is 13.7. The highest BCUT2D eigenvalue weighted by atomic mass is 32.2. The average Bonchev–Trinajstić information content (AvgIpc) is 2.66. The molecule has 7 nitrogen and oxygen atoms in total. The van der Waals surface area contributed by atoms with E-state index >= 15 is 0 Å². The van der Waals surface area contributed by atoms with Crippen molar-refractivity contribution < 1.29 is 22.7 Å².